The summed E-state index contributed by atoms with van der Waals surface area (Å²) in [6.07, 6.45) is 0.713. The molecule has 0 fully saturated rings. The summed E-state index contributed by atoms with van der Waals surface area (Å²) >= 11 is 0. The zero-order valence-electron chi connectivity index (χ0n) is 16.7. The van der Waals surface area contributed by atoms with Crippen molar-refractivity contribution in [1.29, 1.82) is 0 Å². The van der Waals surface area contributed by atoms with Crippen LogP contribution in [0.5, 0.6) is 5.75 Å². The van der Waals surface area contributed by atoms with Crippen molar-refractivity contribution < 1.29 is 14.6 Å². The van der Waals surface area contributed by atoms with Gasteiger partial charge < -0.3 is 15.0 Å². The summed E-state index contributed by atoms with van der Waals surface area (Å²) in [6.45, 7) is 1.21. The van der Waals surface area contributed by atoms with E-state index in [2.05, 4.69) is 10.4 Å². The SMILES string of the molecule is COc1ccc2c(c1)-c1nn(CCCN(C)C)c3c([N+](=O)[O-])cc([N+](=O)[O-])c(c13)N2. The fourth-order valence-electron chi connectivity index (χ4n) is 3.74. The fourth-order valence-corrected chi connectivity index (χ4v) is 3.74. The molecule has 2 aromatic carbocycles. The van der Waals surface area contributed by atoms with Crippen molar-refractivity contribution in [3.05, 3.63) is 44.5 Å². The Hall–Kier alpha value is -3.73. The number of hydrogen-bond acceptors (Lipinski definition) is 8. The summed E-state index contributed by atoms with van der Waals surface area (Å²) in [5.74, 6) is 0.592. The lowest BCUT2D eigenvalue weighted by Gasteiger charge is -2.18. The third-order valence-electron chi connectivity index (χ3n) is 5.08. The van der Waals surface area contributed by atoms with E-state index in [4.69, 9.17) is 4.74 Å². The monoisotopic (exact) mass is 412 g/mol. The number of ether oxygens (including phenoxy) is 1. The second kappa shape index (κ2) is 7.26. The van der Waals surface area contributed by atoms with Crippen LogP contribution in [0.4, 0.5) is 22.7 Å². The number of non-ortho nitro benzene ring substituents is 1. The molecule has 4 rings (SSSR count). The smallest absolute Gasteiger partial charge is 0.302 e. The predicted octanol–water partition coefficient (Wildman–Crippen LogP) is 3.54. The molecule has 0 amide bonds. The number of fused-ring (bicyclic) bond motifs is 2. The Morgan fingerprint density at radius 1 is 1.17 bits per heavy atom. The van der Waals surface area contributed by atoms with Gasteiger partial charge in [-0.3, -0.25) is 24.9 Å². The minimum atomic E-state index is -0.615. The van der Waals surface area contributed by atoms with Crippen molar-refractivity contribution in [2.75, 3.05) is 33.1 Å². The Balaban J connectivity index is 2.03. The van der Waals surface area contributed by atoms with Gasteiger partial charge in [0.15, 0.2) is 0 Å². The largest absolute Gasteiger partial charge is 0.497 e. The average Bonchev–Trinajstić information content (AvgIpc) is 3.08. The maximum Gasteiger partial charge on any atom is 0.302 e. The van der Waals surface area contributed by atoms with Gasteiger partial charge in [0.05, 0.1) is 28.4 Å². The Bertz CT molecular complexity index is 1190. The van der Waals surface area contributed by atoms with Crippen molar-refractivity contribution >= 4 is 33.7 Å². The van der Waals surface area contributed by atoms with E-state index in [0.29, 0.717) is 41.0 Å². The quantitative estimate of drug-likeness (QED) is 0.360. The first-order valence-corrected chi connectivity index (χ1v) is 9.28. The maximum atomic E-state index is 11.8. The number of benzene rings is 2. The Morgan fingerprint density at radius 2 is 1.90 bits per heavy atom. The van der Waals surface area contributed by atoms with Crippen LogP contribution in [-0.2, 0) is 6.54 Å². The number of nitro groups is 2. The Kier molecular flexibility index (Phi) is 4.74. The number of nitro benzene ring substituents is 2. The molecule has 0 aliphatic carbocycles. The maximum absolute atomic E-state index is 11.8. The molecule has 11 nitrogen and oxygen atoms in total. The van der Waals surface area contributed by atoms with Crippen LogP contribution in [0, 0.1) is 20.2 Å². The first-order valence-electron chi connectivity index (χ1n) is 9.28. The van der Waals surface area contributed by atoms with Gasteiger partial charge in [-0.1, -0.05) is 0 Å². The van der Waals surface area contributed by atoms with Crippen LogP contribution in [0.15, 0.2) is 24.3 Å². The van der Waals surface area contributed by atoms with Gasteiger partial charge in [0.25, 0.3) is 5.69 Å². The summed E-state index contributed by atoms with van der Waals surface area (Å²) in [7, 11) is 5.42. The number of methoxy groups -OCH3 is 1. The summed E-state index contributed by atoms with van der Waals surface area (Å²) in [5.41, 5.74) is 1.56. The van der Waals surface area contributed by atoms with Crippen molar-refractivity contribution in [3.8, 4) is 17.0 Å². The van der Waals surface area contributed by atoms with Crippen molar-refractivity contribution in [2.24, 2.45) is 0 Å². The number of rotatable bonds is 7. The number of aromatic nitrogens is 2. The lowest BCUT2D eigenvalue weighted by atomic mass is 9.98. The molecule has 1 aromatic heterocycles. The summed E-state index contributed by atoms with van der Waals surface area (Å²) in [4.78, 5) is 24.3. The second-order valence-electron chi connectivity index (χ2n) is 7.29. The molecule has 2 heterocycles. The molecular formula is C19H20N6O5. The van der Waals surface area contributed by atoms with Gasteiger partial charge in [-0.2, -0.15) is 5.10 Å². The molecule has 0 radical (unpaired) electrons. The molecule has 1 aliphatic heterocycles. The van der Waals surface area contributed by atoms with Gasteiger partial charge in [0.1, 0.15) is 22.6 Å². The van der Waals surface area contributed by atoms with Crippen LogP contribution in [-0.4, -0.2) is 52.3 Å². The molecule has 1 N–H and O–H groups in total. The molecule has 0 saturated heterocycles. The lowest BCUT2D eigenvalue weighted by Crippen LogP contribution is -2.15. The fraction of sp³-hybridized carbons (Fsp3) is 0.316. The van der Waals surface area contributed by atoms with E-state index < -0.39 is 9.85 Å². The van der Waals surface area contributed by atoms with Crippen LogP contribution >= 0.6 is 0 Å². The molecule has 0 saturated carbocycles. The van der Waals surface area contributed by atoms with E-state index in [0.717, 1.165) is 12.6 Å². The third-order valence-corrected chi connectivity index (χ3v) is 5.08. The van der Waals surface area contributed by atoms with Gasteiger partial charge in [0, 0.05) is 17.8 Å². The first kappa shape index (κ1) is 19.6. The minimum absolute atomic E-state index is 0.215. The molecule has 0 spiro atoms. The van der Waals surface area contributed by atoms with E-state index in [9.17, 15) is 20.2 Å². The number of hydrogen-bond donors (Lipinski definition) is 1. The van der Waals surface area contributed by atoms with Crippen LogP contribution < -0.4 is 10.1 Å². The van der Waals surface area contributed by atoms with Gasteiger partial charge in [-0.25, -0.2) is 0 Å². The first-order chi connectivity index (χ1) is 14.3. The zero-order chi connectivity index (χ0) is 21.6. The topological polar surface area (TPSA) is 129 Å². The third kappa shape index (κ3) is 3.08. The molecule has 0 bridgehead atoms. The minimum Gasteiger partial charge on any atom is -0.497 e. The Morgan fingerprint density at radius 3 is 2.53 bits per heavy atom. The standard InChI is InChI=1S/C19H20N6O5/c1-22(2)7-4-8-23-19-15(25(28)29)10-14(24(26)27)18-16(19)17(21-23)12-9-11(30-3)5-6-13(12)20-18/h5-6,9-10,20H,4,7-8H2,1-3H3. The molecule has 1 aliphatic rings. The highest BCUT2D eigenvalue weighted by Crippen LogP contribution is 2.50. The molecule has 11 heteroatoms. The second-order valence-corrected chi connectivity index (χ2v) is 7.29. The van der Waals surface area contributed by atoms with Gasteiger partial charge in [-0.05, 0) is 45.3 Å². The normalized spacial score (nSPS) is 12.0. The highest BCUT2D eigenvalue weighted by atomic mass is 16.6. The van der Waals surface area contributed by atoms with Crippen molar-refractivity contribution in [1.82, 2.24) is 14.7 Å². The van der Waals surface area contributed by atoms with E-state index in [1.54, 1.807) is 22.9 Å². The van der Waals surface area contributed by atoms with Crippen molar-refractivity contribution in [2.45, 2.75) is 13.0 Å². The van der Waals surface area contributed by atoms with Gasteiger partial charge in [-0.15, -0.1) is 0 Å². The highest BCUT2D eigenvalue weighted by molar-refractivity contribution is 6.14. The molecule has 30 heavy (non-hydrogen) atoms. The van der Waals surface area contributed by atoms with Crippen LogP contribution in [0.25, 0.3) is 22.2 Å². The number of nitrogens with zero attached hydrogens (tertiary/aromatic N) is 5. The highest BCUT2D eigenvalue weighted by Gasteiger charge is 2.35. The van der Waals surface area contributed by atoms with E-state index in [1.807, 2.05) is 19.0 Å². The van der Waals surface area contributed by atoms with E-state index >= 15 is 0 Å². The summed E-state index contributed by atoms with van der Waals surface area (Å²) in [6, 6.07) is 6.26. The number of anilines is 2. The number of aryl methyl sites for hydroxylation is 1. The van der Waals surface area contributed by atoms with Crippen LogP contribution in [0.3, 0.4) is 0 Å². The van der Waals surface area contributed by atoms with E-state index in [1.165, 1.54) is 7.11 Å². The molecule has 0 unspecified atom stereocenters. The molecular weight excluding hydrogens is 392 g/mol. The molecule has 3 aromatic rings. The van der Waals surface area contributed by atoms with Crippen LogP contribution in [0.1, 0.15) is 6.42 Å². The zero-order valence-corrected chi connectivity index (χ0v) is 16.7. The average molecular weight is 412 g/mol. The molecule has 0 atom stereocenters. The Labute approximate surface area is 171 Å². The summed E-state index contributed by atoms with van der Waals surface area (Å²) in [5, 5.41) is 31.6. The summed E-state index contributed by atoms with van der Waals surface area (Å²) < 4.78 is 6.88. The lowest BCUT2D eigenvalue weighted by molar-refractivity contribution is -0.392. The van der Waals surface area contributed by atoms with Crippen LogP contribution in [0.2, 0.25) is 0 Å². The molecule has 156 valence electrons. The van der Waals surface area contributed by atoms with Gasteiger partial charge in [0.2, 0.25) is 0 Å². The van der Waals surface area contributed by atoms with E-state index in [-0.39, 0.29) is 22.6 Å². The van der Waals surface area contributed by atoms with Gasteiger partial charge >= 0.3 is 5.69 Å². The number of nitrogens with one attached hydrogen (secondary N) is 1. The predicted molar refractivity (Wildman–Crippen MR) is 111 cm³/mol. The van der Waals surface area contributed by atoms with Crippen molar-refractivity contribution in [3.63, 3.8) is 0 Å².